The van der Waals surface area contributed by atoms with Crippen LogP contribution in [0.4, 0.5) is 0 Å². The van der Waals surface area contributed by atoms with Gasteiger partial charge < -0.3 is 0 Å². The summed E-state index contributed by atoms with van der Waals surface area (Å²) < 4.78 is 18.3. The summed E-state index contributed by atoms with van der Waals surface area (Å²) >= 11 is 0. The van der Waals surface area contributed by atoms with Gasteiger partial charge in [-0.25, -0.2) is 0 Å². The quantitative estimate of drug-likeness (QED) is 0.599. The van der Waals surface area contributed by atoms with E-state index in [1.165, 1.54) is 5.56 Å². The van der Waals surface area contributed by atoms with Crippen LogP contribution in [0.25, 0.3) is 0 Å². The van der Waals surface area contributed by atoms with Crippen LogP contribution in [0.3, 0.4) is 0 Å². The lowest BCUT2D eigenvalue weighted by Crippen LogP contribution is -1.75. The molecule has 0 atom stereocenters. The van der Waals surface area contributed by atoms with Gasteiger partial charge in [0.25, 0.3) is 0 Å². The molecule has 0 aromatic heterocycles. The van der Waals surface area contributed by atoms with Gasteiger partial charge in [0.2, 0.25) is 0 Å². The highest BCUT2D eigenvalue weighted by atomic mass is 36.0. The Kier molecular flexibility index (Phi) is 6.62. The fourth-order valence-electron chi connectivity index (χ4n) is 0.781. The van der Waals surface area contributed by atoms with E-state index in [4.69, 9.17) is 8.42 Å². The fourth-order valence-corrected chi connectivity index (χ4v) is 0.781. The Hall–Kier alpha value is -0.510. The second kappa shape index (κ2) is 6.87. The number of hydrogen-bond acceptors (Lipinski definition) is 2. The minimum atomic E-state index is -3.72. The van der Waals surface area contributed by atoms with Crippen molar-refractivity contribution >= 4 is 29.6 Å². The van der Waals surface area contributed by atoms with Crippen LogP contribution < -0.4 is 0 Å². The maximum Gasteiger partial charge on any atom is 0.317 e. The molecule has 0 aliphatic rings. The van der Waals surface area contributed by atoms with E-state index >= 15 is 0 Å². The lowest BCUT2D eigenvalue weighted by atomic mass is 10.2. The second-order valence-electron chi connectivity index (χ2n) is 2.36. The summed E-state index contributed by atoms with van der Waals surface area (Å²) in [5, 5.41) is 0. The number of rotatable bonds is 2. The molecule has 1 aromatic carbocycles. The molecule has 0 fully saturated rings. The molecule has 0 aliphatic carbocycles. The highest BCUT2D eigenvalue weighted by Crippen LogP contribution is 1.99. The zero-order valence-electron chi connectivity index (χ0n) is 7.36. The summed E-state index contributed by atoms with van der Waals surface area (Å²) in [4.78, 5) is 0. The Balaban J connectivity index is 0.000000292. The van der Waals surface area contributed by atoms with Crippen molar-refractivity contribution in [3.8, 4) is 0 Å². The van der Waals surface area contributed by atoms with Crippen molar-refractivity contribution in [2.75, 3.05) is 0 Å². The molecule has 0 N–H and O–H groups in total. The van der Waals surface area contributed by atoms with Crippen molar-refractivity contribution in [3.63, 3.8) is 0 Å². The summed E-state index contributed by atoms with van der Waals surface area (Å²) in [7, 11) is 4.81. The third-order valence-electron chi connectivity index (χ3n) is 1.22. The molecule has 0 spiro atoms. The largest absolute Gasteiger partial charge is 0.317 e. The average molecular weight is 253 g/mol. The zero-order chi connectivity index (χ0) is 11.0. The maximum atomic E-state index is 9.16. The smallest absolute Gasteiger partial charge is 0.195 e. The monoisotopic (exact) mass is 252 g/mol. The summed E-state index contributed by atoms with van der Waals surface area (Å²) in [5.41, 5.74) is 1.33. The van der Waals surface area contributed by atoms with Crippen LogP contribution in [0.1, 0.15) is 5.56 Å². The molecule has 0 unspecified atom stereocenters. The van der Waals surface area contributed by atoms with Gasteiger partial charge in [0, 0.05) is 21.4 Å². The van der Waals surface area contributed by atoms with E-state index in [2.05, 4.69) is 40.1 Å². The molecule has 0 radical (unpaired) electrons. The van der Waals surface area contributed by atoms with E-state index in [0.29, 0.717) is 0 Å². The highest BCUT2D eigenvalue weighted by Gasteiger charge is 1.88. The van der Waals surface area contributed by atoms with Crippen molar-refractivity contribution in [1.29, 1.82) is 0 Å². The maximum absolute atomic E-state index is 9.16. The second-order valence-corrected chi connectivity index (χ2v) is 6.02. The molecular weight excluding hydrogens is 243 g/mol. The Bertz CT molecular complexity index is 352. The molecule has 2 nitrogen and oxygen atoms in total. The number of halogens is 2. The van der Waals surface area contributed by atoms with Crippen LogP contribution in [0, 0.1) is 0 Å². The van der Waals surface area contributed by atoms with E-state index in [-0.39, 0.29) is 0 Å². The minimum Gasteiger partial charge on any atom is -0.195 e. The molecule has 0 saturated carbocycles. The van der Waals surface area contributed by atoms with Gasteiger partial charge in [0.15, 0.2) is 0 Å². The van der Waals surface area contributed by atoms with Gasteiger partial charge in [-0.2, -0.15) is 8.42 Å². The molecular formula is C9H10Cl2O2S. The molecule has 0 aliphatic heterocycles. The van der Waals surface area contributed by atoms with Crippen LogP contribution in [-0.4, -0.2) is 8.42 Å². The van der Waals surface area contributed by atoms with E-state index in [0.717, 1.165) is 6.42 Å². The first-order chi connectivity index (χ1) is 6.43. The van der Waals surface area contributed by atoms with Gasteiger partial charge >= 0.3 is 8.26 Å². The van der Waals surface area contributed by atoms with Crippen LogP contribution in [0.2, 0.25) is 0 Å². The topological polar surface area (TPSA) is 34.1 Å². The SMILES string of the molecule is C=CCc1ccccc1.O=S(=O)(Cl)Cl. The summed E-state index contributed by atoms with van der Waals surface area (Å²) in [6.07, 6.45) is 2.89. The molecule has 0 saturated heterocycles. The van der Waals surface area contributed by atoms with Crippen molar-refractivity contribution in [2.45, 2.75) is 6.42 Å². The van der Waals surface area contributed by atoms with Gasteiger partial charge in [-0.15, -0.1) is 6.58 Å². The fraction of sp³-hybridized carbons (Fsp3) is 0.111. The first-order valence-corrected chi connectivity index (χ1v) is 6.86. The van der Waals surface area contributed by atoms with Crippen molar-refractivity contribution < 1.29 is 8.42 Å². The summed E-state index contributed by atoms with van der Waals surface area (Å²) in [6.45, 7) is 3.66. The van der Waals surface area contributed by atoms with Crippen LogP contribution in [0.5, 0.6) is 0 Å². The molecule has 1 rings (SSSR count). The van der Waals surface area contributed by atoms with Gasteiger partial charge in [-0.3, -0.25) is 0 Å². The van der Waals surface area contributed by atoms with Crippen molar-refractivity contribution in [2.24, 2.45) is 0 Å². The third kappa shape index (κ3) is 11.5. The highest BCUT2D eigenvalue weighted by molar-refractivity contribution is 8.31. The van der Waals surface area contributed by atoms with Gasteiger partial charge in [0.1, 0.15) is 0 Å². The minimum absolute atomic E-state index is 0.973. The van der Waals surface area contributed by atoms with Crippen LogP contribution in [-0.2, 0) is 14.7 Å². The molecule has 1 aromatic rings. The lowest BCUT2D eigenvalue weighted by Gasteiger charge is -1.91. The molecule has 0 amide bonds. The van der Waals surface area contributed by atoms with Gasteiger partial charge in [-0.1, -0.05) is 36.4 Å². The predicted molar refractivity (Wildman–Crippen MR) is 61.0 cm³/mol. The lowest BCUT2D eigenvalue weighted by molar-refractivity contribution is 0.621. The Morgan fingerprint density at radius 1 is 1.21 bits per heavy atom. The Morgan fingerprint density at radius 2 is 1.64 bits per heavy atom. The molecule has 5 heteroatoms. The number of benzene rings is 1. The van der Waals surface area contributed by atoms with Gasteiger partial charge in [-0.05, 0) is 12.0 Å². The van der Waals surface area contributed by atoms with E-state index in [1.54, 1.807) is 0 Å². The first-order valence-electron chi connectivity index (χ1n) is 3.72. The number of hydrogen-bond donors (Lipinski definition) is 0. The zero-order valence-corrected chi connectivity index (χ0v) is 9.69. The Labute approximate surface area is 93.1 Å². The normalized spacial score (nSPS) is 9.86. The summed E-state index contributed by atoms with van der Waals surface area (Å²) in [6, 6.07) is 10.3. The van der Waals surface area contributed by atoms with Crippen molar-refractivity contribution in [1.82, 2.24) is 0 Å². The third-order valence-corrected chi connectivity index (χ3v) is 1.22. The van der Waals surface area contributed by atoms with E-state index < -0.39 is 8.26 Å². The molecule has 0 bridgehead atoms. The predicted octanol–water partition coefficient (Wildman–Crippen LogP) is 3.12. The Morgan fingerprint density at radius 3 is 2.00 bits per heavy atom. The van der Waals surface area contributed by atoms with Gasteiger partial charge in [0.05, 0.1) is 0 Å². The first kappa shape index (κ1) is 13.5. The van der Waals surface area contributed by atoms with E-state index in [1.807, 2.05) is 24.3 Å². The van der Waals surface area contributed by atoms with E-state index in [9.17, 15) is 0 Å². The molecule has 78 valence electrons. The van der Waals surface area contributed by atoms with Crippen LogP contribution in [0.15, 0.2) is 43.0 Å². The average Bonchev–Trinajstić information content (AvgIpc) is 2.03. The molecule has 14 heavy (non-hydrogen) atoms. The number of allylic oxidation sites excluding steroid dienone is 1. The molecule has 0 heterocycles. The standard InChI is InChI=1S/C9H10.Cl2O2S/c1-2-6-9-7-4-3-5-8-9;1-5(2,3)4/h2-5,7-8H,1,6H2;. The summed E-state index contributed by atoms with van der Waals surface area (Å²) in [5.74, 6) is 0. The van der Waals surface area contributed by atoms with Crippen LogP contribution >= 0.6 is 21.4 Å². The van der Waals surface area contributed by atoms with Crippen molar-refractivity contribution in [3.05, 3.63) is 48.6 Å².